The number of rotatable bonds is 10. The van der Waals surface area contributed by atoms with Crippen molar-refractivity contribution in [1.29, 1.82) is 0 Å². The molecular weight excluding hydrogens is 496 g/mol. The monoisotopic (exact) mass is 520 g/mol. The van der Waals surface area contributed by atoms with E-state index in [-0.39, 0.29) is 28.6 Å². The molecule has 0 aromatic heterocycles. The Labute approximate surface area is 206 Å². The zero-order valence-corrected chi connectivity index (χ0v) is 20.2. The molecule has 13 nitrogen and oxygen atoms in total. The van der Waals surface area contributed by atoms with Crippen LogP contribution in [0.15, 0.2) is 47.4 Å². The Balaban J connectivity index is 1.71. The third kappa shape index (κ3) is 6.34. The van der Waals surface area contributed by atoms with Crippen LogP contribution in [-0.4, -0.2) is 63.5 Å². The van der Waals surface area contributed by atoms with Gasteiger partial charge in [0.1, 0.15) is 12.6 Å². The first-order valence-electron chi connectivity index (χ1n) is 10.8. The van der Waals surface area contributed by atoms with Gasteiger partial charge in [-0.25, -0.2) is 8.42 Å². The van der Waals surface area contributed by atoms with Gasteiger partial charge in [-0.1, -0.05) is 17.7 Å². The zero-order chi connectivity index (χ0) is 26.5. The summed E-state index contributed by atoms with van der Waals surface area (Å²) in [6.45, 7) is 1.96. The number of nitro benzene ring substituents is 1. The molecule has 36 heavy (non-hydrogen) atoms. The molecule has 2 aromatic carbocycles. The van der Waals surface area contributed by atoms with Gasteiger partial charge in [-0.3, -0.25) is 29.4 Å². The van der Waals surface area contributed by atoms with E-state index in [1.807, 2.05) is 0 Å². The molecule has 0 saturated carbocycles. The smallest absolute Gasteiger partial charge is 0.326 e. The van der Waals surface area contributed by atoms with E-state index in [1.54, 1.807) is 26.0 Å². The van der Waals surface area contributed by atoms with E-state index in [2.05, 4.69) is 10.0 Å². The van der Waals surface area contributed by atoms with Crippen molar-refractivity contribution in [1.82, 2.24) is 10.0 Å². The Kier molecular flexibility index (Phi) is 8.22. The number of hydrogen-bond acceptors (Lipinski definition) is 9. The fourth-order valence-electron chi connectivity index (χ4n) is 3.28. The van der Waals surface area contributed by atoms with Crippen molar-refractivity contribution in [2.24, 2.45) is 0 Å². The molecule has 1 heterocycles. The summed E-state index contributed by atoms with van der Waals surface area (Å²) in [7, 11) is -4.11. The summed E-state index contributed by atoms with van der Waals surface area (Å²) < 4.78 is 37.9. The van der Waals surface area contributed by atoms with Gasteiger partial charge in [-0.05, 0) is 32.0 Å². The van der Waals surface area contributed by atoms with Crippen LogP contribution in [0, 0.1) is 17.0 Å². The highest BCUT2D eigenvalue weighted by atomic mass is 32.2. The van der Waals surface area contributed by atoms with Gasteiger partial charge in [0.15, 0.2) is 12.4 Å². The molecule has 0 spiro atoms. The second-order valence-electron chi connectivity index (χ2n) is 7.72. The topological polar surface area (TPSA) is 174 Å². The van der Waals surface area contributed by atoms with Crippen LogP contribution >= 0.6 is 0 Å². The largest absolute Gasteiger partial charge is 0.481 e. The lowest BCUT2D eigenvalue weighted by molar-refractivity contribution is -0.384. The number of carbonyl (C=O) groups is 3. The van der Waals surface area contributed by atoms with Crippen LogP contribution in [0.25, 0.3) is 0 Å². The molecule has 192 valence electrons. The molecule has 2 aromatic rings. The minimum Gasteiger partial charge on any atom is -0.481 e. The Morgan fingerprint density at radius 2 is 1.92 bits per heavy atom. The molecule has 14 heteroatoms. The summed E-state index contributed by atoms with van der Waals surface area (Å²) in [5, 5.41) is 13.4. The molecule has 0 unspecified atom stereocenters. The number of ether oxygens (including phenoxy) is 2. The van der Waals surface area contributed by atoms with Gasteiger partial charge in [0.05, 0.1) is 28.2 Å². The standard InChI is InChI=1S/C22H24N4O9S/c1-3-34-22(29)17(24-36(32,33)16-7-4-14(2)5-8-16)11-23-20(27)12-25-18-9-6-15(26(30)31)10-19(18)35-13-21(25)28/h4-10,17,24H,3,11-13H2,1-2H3,(H,23,27)/t17-/m0/s1. The first-order valence-corrected chi connectivity index (χ1v) is 12.2. The number of amides is 2. The number of carbonyl (C=O) groups excluding carboxylic acids is 3. The maximum absolute atomic E-state index is 12.7. The summed E-state index contributed by atoms with van der Waals surface area (Å²) in [4.78, 5) is 48.7. The fourth-order valence-corrected chi connectivity index (χ4v) is 4.47. The molecular formula is C22H24N4O9S. The van der Waals surface area contributed by atoms with Gasteiger partial charge in [0.25, 0.3) is 11.6 Å². The van der Waals surface area contributed by atoms with E-state index in [9.17, 15) is 32.9 Å². The average molecular weight is 521 g/mol. The minimum absolute atomic E-state index is 0.0132. The minimum atomic E-state index is -4.11. The summed E-state index contributed by atoms with van der Waals surface area (Å²) in [6.07, 6.45) is 0. The Morgan fingerprint density at radius 1 is 1.22 bits per heavy atom. The fraction of sp³-hybridized carbons (Fsp3) is 0.318. The van der Waals surface area contributed by atoms with Gasteiger partial charge in [-0.2, -0.15) is 4.72 Å². The molecule has 1 aliphatic rings. The summed E-state index contributed by atoms with van der Waals surface area (Å²) >= 11 is 0. The van der Waals surface area contributed by atoms with Crippen molar-refractivity contribution in [2.75, 3.05) is 31.2 Å². The van der Waals surface area contributed by atoms with Crippen molar-refractivity contribution in [2.45, 2.75) is 24.8 Å². The number of fused-ring (bicyclic) bond motifs is 1. The van der Waals surface area contributed by atoms with Crippen LogP contribution in [0.3, 0.4) is 0 Å². The molecule has 1 aliphatic heterocycles. The zero-order valence-electron chi connectivity index (χ0n) is 19.4. The Bertz CT molecular complexity index is 1280. The number of non-ortho nitro benzene ring substituents is 1. The van der Waals surface area contributed by atoms with Crippen molar-refractivity contribution < 1.29 is 37.2 Å². The third-order valence-electron chi connectivity index (χ3n) is 5.10. The number of aryl methyl sites for hydroxylation is 1. The highest BCUT2D eigenvalue weighted by Gasteiger charge is 2.31. The van der Waals surface area contributed by atoms with E-state index >= 15 is 0 Å². The third-order valence-corrected chi connectivity index (χ3v) is 6.59. The van der Waals surface area contributed by atoms with Crippen LogP contribution in [0.4, 0.5) is 11.4 Å². The van der Waals surface area contributed by atoms with Crippen molar-refractivity contribution in [3.8, 4) is 5.75 Å². The molecule has 2 N–H and O–H groups in total. The van der Waals surface area contributed by atoms with Gasteiger partial charge in [0, 0.05) is 12.6 Å². The molecule has 0 fully saturated rings. The first kappa shape index (κ1) is 26.6. The molecule has 0 radical (unpaired) electrons. The lowest BCUT2D eigenvalue weighted by Gasteiger charge is -2.28. The number of benzene rings is 2. The summed E-state index contributed by atoms with van der Waals surface area (Å²) in [5.74, 6) is -2.10. The van der Waals surface area contributed by atoms with Crippen molar-refractivity contribution >= 4 is 39.2 Å². The highest BCUT2D eigenvalue weighted by molar-refractivity contribution is 7.89. The van der Waals surface area contributed by atoms with Crippen LogP contribution in [-0.2, 0) is 29.1 Å². The first-order chi connectivity index (χ1) is 17.0. The van der Waals surface area contributed by atoms with Gasteiger partial charge >= 0.3 is 5.97 Å². The molecule has 2 amide bonds. The van der Waals surface area contributed by atoms with Crippen LogP contribution < -0.4 is 19.7 Å². The summed E-state index contributed by atoms with van der Waals surface area (Å²) in [5.41, 5.74) is 0.761. The lowest BCUT2D eigenvalue weighted by Crippen LogP contribution is -2.51. The number of nitrogens with one attached hydrogen (secondary N) is 2. The number of nitrogens with zero attached hydrogens (tertiary/aromatic N) is 2. The maximum Gasteiger partial charge on any atom is 0.326 e. The predicted octanol–water partition coefficient (Wildman–Crippen LogP) is 0.655. The molecule has 3 rings (SSSR count). The maximum atomic E-state index is 12.7. The van der Waals surface area contributed by atoms with E-state index in [0.717, 1.165) is 16.5 Å². The number of esters is 1. The Morgan fingerprint density at radius 3 is 2.56 bits per heavy atom. The second-order valence-corrected chi connectivity index (χ2v) is 9.43. The van der Waals surface area contributed by atoms with Gasteiger partial charge in [0.2, 0.25) is 15.9 Å². The average Bonchev–Trinajstić information content (AvgIpc) is 2.83. The Hall–Kier alpha value is -4.04. The number of nitro groups is 1. The quantitative estimate of drug-likeness (QED) is 0.259. The van der Waals surface area contributed by atoms with E-state index in [4.69, 9.17) is 9.47 Å². The highest BCUT2D eigenvalue weighted by Crippen LogP contribution is 2.35. The number of sulfonamides is 1. The molecule has 0 saturated heterocycles. The SMILES string of the molecule is CCOC(=O)[C@H](CNC(=O)CN1C(=O)COc2cc([N+](=O)[O-])ccc21)NS(=O)(=O)c1ccc(C)cc1. The van der Waals surface area contributed by atoms with Gasteiger partial charge in [-0.15, -0.1) is 0 Å². The van der Waals surface area contributed by atoms with Crippen LogP contribution in [0.1, 0.15) is 12.5 Å². The molecule has 0 bridgehead atoms. The second kappa shape index (κ2) is 11.1. The van der Waals surface area contributed by atoms with Gasteiger partial charge < -0.3 is 14.8 Å². The summed E-state index contributed by atoms with van der Waals surface area (Å²) in [6, 6.07) is 8.12. The molecule has 0 aliphatic carbocycles. The van der Waals surface area contributed by atoms with Crippen molar-refractivity contribution in [3.05, 3.63) is 58.1 Å². The van der Waals surface area contributed by atoms with Crippen LogP contribution in [0.2, 0.25) is 0 Å². The number of hydrogen-bond donors (Lipinski definition) is 2. The van der Waals surface area contributed by atoms with Crippen molar-refractivity contribution in [3.63, 3.8) is 0 Å². The molecule has 1 atom stereocenters. The van der Waals surface area contributed by atoms with E-state index < -0.39 is 58.5 Å². The van der Waals surface area contributed by atoms with Crippen LogP contribution in [0.5, 0.6) is 5.75 Å². The number of anilines is 1. The lowest BCUT2D eigenvalue weighted by atomic mass is 10.2. The van der Waals surface area contributed by atoms with E-state index in [0.29, 0.717) is 0 Å². The van der Waals surface area contributed by atoms with E-state index in [1.165, 1.54) is 24.3 Å². The normalized spacial score (nSPS) is 13.8. The predicted molar refractivity (Wildman–Crippen MR) is 126 cm³/mol.